The maximum absolute atomic E-state index is 12.1. The van der Waals surface area contributed by atoms with Gasteiger partial charge in [0.1, 0.15) is 11.8 Å². The normalized spacial score (nSPS) is 21.1. The van der Waals surface area contributed by atoms with Crippen LogP contribution in [0, 0.1) is 24.2 Å². The lowest BCUT2D eigenvalue weighted by Gasteiger charge is -2.40. The Labute approximate surface area is 190 Å². The first kappa shape index (κ1) is 22.3. The minimum absolute atomic E-state index is 0.0182. The number of piperazine rings is 1. The first-order valence-corrected chi connectivity index (χ1v) is 11.8. The predicted molar refractivity (Wildman–Crippen MR) is 123 cm³/mol. The Morgan fingerprint density at radius 2 is 2.06 bits per heavy atom. The van der Waals surface area contributed by atoms with Crippen LogP contribution in [0.3, 0.4) is 0 Å². The molecule has 0 radical (unpaired) electrons. The number of nitrogens with zero attached hydrogens (tertiary/aromatic N) is 4. The van der Waals surface area contributed by atoms with Crippen molar-refractivity contribution in [1.82, 2.24) is 15.4 Å². The third-order valence-corrected chi connectivity index (χ3v) is 6.80. The van der Waals surface area contributed by atoms with Crippen LogP contribution < -0.4 is 10.2 Å². The van der Waals surface area contributed by atoms with E-state index in [4.69, 9.17) is 4.52 Å². The fourth-order valence-corrected chi connectivity index (χ4v) is 4.88. The highest BCUT2D eigenvalue weighted by Gasteiger charge is 2.31. The van der Waals surface area contributed by atoms with Crippen molar-refractivity contribution < 1.29 is 9.32 Å². The quantitative estimate of drug-likeness (QED) is 0.686. The summed E-state index contributed by atoms with van der Waals surface area (Å²) in [6.07, 6.45) is 4.47. The van der Waals surface area contributed by atoms with E-state index < -0.39 is 0 Å². The highest BCUT2D eigenvalue weighted by Crippen LogP contribution is 2.31. The molecule has 1 saturated carbocycles. The Balaban J connectivity index is 1.15. The lowest BCUT2D eigenvalue weighted by Crippen LogP contribution is -2.48. The van der Waals surface area contributed by atoms with Crippen molar-refractivity contribution in [2.75, 3.05) is 37.6 Å². The first-order chi connectivity index (χ1) is 15.6. The predicted octanol–water partition coefficient (Wildman–Crippen LogP) is 3.07. The summed E-state index contributed by atoms with van der Waals surface area (Å²) < 4.78 is 5.12. The van der Waals surface area contributed by atoms with E-state index in [1.807, 2.05) is 13.0 Å². The molecule has 1 aromatic carbocycles. The molecule has 7 nitrogen and oxygen atoms in total. The topological polar surface area (TPSA) is 85.4 Å². The van der Waals surface area contributed by atoms with Crippen LogP contribution in [0.4, 0.5) is 5.69 Å². The van der Waals surface area contributed by atoms with Crippen molar-refractivity contribution in [3.8, 4) is 6.07 Å². The van der Waals surface area contributed by atoms with E-state index in [-0.39, 0.29) is 12.3 Å². The second-order valence-electron chi connectivity index (χ2n) is 9.11. The van der Waals surface area contributed by atoms with E-state index in [1.54, 1.807) is 0 Å². The Bertz CT molecular complexity index is 965. The number of carbonyl (C=O) groups is 1. The third kappa shape index (κ3) is 5.31. The number of hydrogen-bond acceptors (Lipinski definition) is 6. The molecule has 1 amide bonds. The fraction of sp³-hybridized carbons (Fsp3) is 0.560. The van der Waals surface area contributed by atoms with Crippen molar-refractivity contribution in [2.24, 2.45) is 5.92 Å². The van der Waals surface area contributed by atoms with Gasteiger partial charge in [-0.25, -0.2) is 0 Å². The van der Waals surface area contributed by atoms with Crippen LogP contribution in [0.2, 0.25) is 0 Å². The Hall–Kier alpha value is -2.85. The van der Waals surface area contributed by atoms with Crippen LogP contribution in [0.25, 0.3) is 0 Å². The van der Waals surface area contributed by atoms with E-state index in [2.05, 4.69) is 51.5 Å². The number of anilines is 1. The number of nitrogens with one attached hydrogen (secondary N) is 1. The molecule has 1 aliphatic carbocycles. The molecule has 1 aromatic heterocycles. The zero-order valence-electron chi connectivity index (χ0n) is 19.1. The maximum atomic E-state index is 12.1. The van der Waals surface area contributed by atoms with Crippen molar-refractivity contribution in [2.45, 2.75) is 52.0 Å². The first-order valence-electron chi connectivity index (χ1n) is 11.8. The van der Waals surface area contributed by atoms with Crippen LogP contribution in [0.1, 0.15) is 48.8 Å². The van der Waals surface area contributed by atoms with Gasteiger partial charge < -0.3 is 14.7 Å². The molecule has 7 heteroatoms. The molecule has 0 bridgehead atoms. The minimum Gasteiger partial charge on any atom is -0.368 e. The summed E-state index contributed by atoms with van der Waals surface area (Å²) in [6.45, 7) is 9.06. The second kappa shape index (κ2) is 10.2. The number of hydrogen-bond donors (Lipinski definition) is 1. The van der Waals surface area contributed by atoms with E-state index >= 15 is 0 Å². The zero-order chi connectivity index (χ0) is 22.5. The highest BCUT2D eigenvalue weighted by atomic mass is 16.5. The van der Waals surface area contributed by atoms with Gasteiger partial charge in [0.15, 0.2) is 0 Å². The molecule has 2 fully saturated rings. The van der Waals surface area contributed by atoms with E-state index in [9.17, 15) is 10.1 Å². The molecule has 2 aromatic rings. The van der Waals surface area contributed by atoms with Gasteiger partial charge in [-0.15, -0.1) is 0 Å². The van der Waals surface area contributed by atoms with Gasteiger partial charge in [0.05, 0.1) is 23.4 Å². The van der Waals surface area contributed by atoms with Crippen LogP contribution in [-0.2, 0) is 17.6 Å². The number of aryl methyl sites for hydroxylation is 2. The monoisotopic (exact) mass is 435 g/mol. The Kier molecular flexibility index (Phi) is 7.11. The Morgan fingerprint density at radius 1 is 1.28 bits per heavy atom. The summed E-state index contributed by atoms with van der Waals surface area (Å²) in [4.78, 5) is 17.0. The van der Waals surface area contributed by atoms with Crippen LogP contribution in [-0.4, -0.2) is 54.7 Å². The van der Waals surface area contributed by atoms with Crippen molar-refractivity contribution in [3.05, 3.63) is 46.8 Å². The summed E-state index contributed by atoms with van der Waals surface area (Å²) in [5.41, 5.74) is 3.86. The number of benzene rings is 1. The summed E-state index contributed by atoms with van der Waals surface area (Å²) >= 11 is 0. The average Bonchev–Trinajstić information content (AvgIpc) is 3.19. The van der Waals surface area contributed by atoms with Crippen molar-refractivity contribution >= 4 is 11.6 Å². The molecule has 170 valence electrons. The molecule has 1 aliphatic heterocycles. The fourth-order valence-electron chi connectivity index (χ4n) is 4.88. The summed E-state index contributed by atoms with van der Waals surface area (Å²) in [6, 6.07) is 10.7. The average molecular weight is 436 g/mol. The lowest BCUT2D eigenvalue weighted by atomic mass is 9.78. The summed E-state index contributed by atoms with van der Waals surface area (Å²) in [5.74, 6) is 1.33. The van der Waals surface area contributed by atoms with Crippen LogP contribution >= 0.6 is 0 Å². The zero-order valence-corrected chi connectivity index (χ0v) is 19.1. The van der Waals surface area contributed by atoms with Gasteiger partial charge in [0, 0.05) is 38.3 Å². The molecule has 32 heavy (non-hydrogen) atoms. The van der Waals surface area contributed by atoms with Crippen LogP contribution in [0.5, 0.6) is 0 Å². The van der Waals surface area contributed by atoms with Gasteiger partial charge in [-0.3, -0.25) is 9.69 Å². The molecule has 1 N–H and O–H groups in total. The molecule has 0 atom stereocenters. The number of rotatable bonds is 8. The molecule has 4 rings (SSSR count). The number of amides is 1. The van der Waals surface area contributed by atoms with E-state index in [0.717, 1.165) is 74.5 Å². The molecule has 2 aliphatic rings. The molecule has 0 spiro atoms. The standard InChI is InChI=1S/C25H33N5O2/c1-3-20-5-4-6-24(23(20)17-26)30-11-9-29(10-12-30)8-7-19-14-21(15-19)27-25(31)16-22-13-18(2)28-32-22/h4-6,13,19,21H,3,7-12,14-16H2,1-2H3,(H,27,31)/t19-,21-. The molecular formula is C25H33N5O2. The lowest BCUT2D eigenvalue weighted by molar-refractivity contribution is -0.122. The van der Waals surface area contributed by atoms with Gasteiger partial charge in [-0.2, -0.15) is 5.26 Å². The van der Waals surface area contributed by atoms with Crippen molar-refractivity contribution in [3.63, 3.8) is 0 Å². The number of aromatic nitrogens is 1. The second-order valence-corrected chi connectivity index (χ2v) is 9.11. The summed E-state index contributed by atoms with van der Waals surface area (Å²) in [5, 5.41) is 16.6. The Morgan fingerprint density at radius 3 is 2.72 bits per heavy atom. The smallest absolute Gasteiger partial charge is 0.227 e. The van der Waals surface area contributed by atoms with Gasteiger partial charge in [0.25, 0.3) is 0 Å². The van der Waals surface area contributed by atoms with E-state index in [0.29, 0.717) is 17.7 Å². The third-order valence-electron chi connectivity index (χ3n) is 6.80. The van der Waals surface area contributed by atoms with E-state index in [1.165, 1.54) is 6.42 Å². The minimum atomic E-state index is 0.0182. The van der Waals surface area contributed by atoms with Gasteiger partial charge in [0.2, 0.25) is 5.91 Å². The number of carbonyl (C=O) groups excluding carboxylic acids is 1. The van der Waals surface area contributed by atoms with Gasteiger partial charge >= 0.3 is 0 Å². The van der Waals surface area contributed by atoms with Crippen molar-refractivity contribution in [1.29, 1.82) is 5.26 Å². The SMILES string of the molecule is CCc1cccc(N2CCN(CC[C@H]3C[C@H](NC(=O)Cc4cc(C)no4)C3)CC2)c1C#N. The largest absolute Gasteiger partial charge is 0.368 e. The summed E-state index contributed by atoms with van der Waals surface area (Å²) in [7, 11) is 0. The molecule has 0 unspecified atom stereocenters. The van der Waals surface area contributed by atoms with Gasteiger partial charge in [-0.1, -0.05) is 24.2 Å². The number of nitriles is 1. The molecular weight excluding hydrogens is 402 g/mol. The maximum Gasteiger partial charge on any atom is 0.227 e. The van der Waals surface area contributed by atoms with Gasteiger partial charge in [-0.05, 0) is 56.7 Å². The van der Waals surface area contributed by atoms with Crippen LogP contribution in [0.15, 0.2) is 28.8 Å². The molecule has 1 saturated heterocycles. The molecule has 2 heterocycles. The highest BCUT2D eigenvalue weighted by molar-refractivity contribution is 5.78.